The molecule has 0 N–H and O–H groups in total. The Balaban J connectivity index is 1.53. The molecule has 1 fully saturated rings. The van der Waals surface area contributed by atoms with Gasteiger partial charge in [0.25, 0.3) is 0 Å². The minimum Gasteiger partial charge on any atom is -0.299 e. The molecule has 36 heavy (non-hydrogen) atoms. The number of likely N-dealkylation sites (tertiary alicyclic amines) is 1. The summed E-state index contributed by atoms with van der Waals surface area (Å²) in [6.45, 7) is 1.97. The quantitative estimate of drug-likeness (QED) is 0.288. The van der Waals surface area contributed by atoms with Crippen LogP contribution in [0.4, 0.5) is 17.6 Å². The van der Waals surface area contributed by atoms with E-state index in [4.69, 9.17) is 16.9 Å². The summed E-state index contributed by atoms with van der Waals surface area (Å²) < 4.78 is 55.3. The Morgan fingerprint density at radius 3 is 2.44 bits per heavy atom. The topological polar surface area (TPSA) is 27.0 Å². The van der Waals surface area contributed by atoms with Gasteiger partial charge in [0, 0.05) is 18.7 Å². The summed E-state index contributed by atoms with van der Waals surface area (Å²) in [6, 6.07) is 19.8. The SMILES string of the molecule is N#Cc1ccc(CCC(Cc2ccccc2C(F)(F)F)C2CCN(Cc3ccccc3F)C2)cc1Cl. The van der Waals surface area contributed by atoms with Crippen LogP contribution in [0.1, 0.15) is 40.7 Å². The third kappa shape index (κ3) is 6.46. The number of benzene rings is 3. The van der Waals surface area contributed by atoms with Gasteiger partial charge in [0.2, 0.25) is 0 Å². The number of nitriles is 1. The largest absolute Gasteiger partial charge is 0.416 e. The van der Waals surface area contributed by atoms with Gasteiger partial charge in [-0.1, -0.05) is 54.1 Å². The van der Waals surface area contributed by atoms with Gasteiger partial charge in [-0.3, -0.25) is 4.90 Å². The highest BCUT2D eigenvalue weighted by Gasteiger charge is 2.35. The lowest BCUT2D eigenvalue weighted by Crippen LogP contribution is -2.25. The summed E-state index contributed by atoms with van der Waals surface area (Å²) in [5.41, 5.74) is 1.70. The first-order chi connectivity index (χ1) is 17.2. The third-order valence-corrected chi connectivity index (χ3v) is 7.40. The Hall–Kier alpha value is -2.88. The van der Waals surface area contributed by atoms with Crippen molar-refractivity contribution in [3.63, 3.8) is 0 Å². The van der Waals surface area contributed by atoms with E-state index < -0.39 is 11.7 Å². The van der Waals surface area contributed by atoms with E-state index in [1.807, 2.05) is 18.2 Å². The van der Waals surface area contributed by atoms with Crippen LogP contribution in [-0.4, -0.2) is 18.0 Å². The second-order valence-electron chi connectivity index (χ2n) is 9.46. The second kappa shape index (κ2) is 11.5. The Morgan fingerprint density at radius 2 is 1.75 bits per heavy atom. The van der Waals surface area contributed by atoms with Crippen LogP contribution in [0, 0.1) is 29.0 Å². The normalized spacial score (nSPS) is 17.2. The molecule has 3 aromatic carbocycles. The lowest BCUT2D eigenvalue weighted by Gasteiger charge is -2.26. The molecule has 2 unspecified atom stereocenters. The molecule has 0 aromatic heterocycles. The van der Waals surface area contributed by atoms with Crippen molar-refractivity contribution >= 4 is 11.6 Å². The molecule has 1 aliphatic rings. The number of aryl methyl sites for hydroxylation is 1. The summed E-state index contributed by atoms with van der Waals surface area (Å²) in [7, 11) is 0. The van der Waals surface area contributed by atoms with E-state index in [1.165, 1.54) is 12.1 Å². The number of hydrogen-bond acceptors (Lipinski definition) is 2. The maximum absolute atomic E-state index is 14.2. The van der Waals surface area contributed by atoms with Crippen LogP contribution in [0.5, 0.6) is 0 Å². The molecule has 0 bridgehead atoms. The molecule has 4 rings (SSSR count). The minimum absolute atomic E-state index is 0.00791. The van der Waals surface area contributed by atoms with Crippen molar-refractivity contribution in [3.8, 4) is 6.07 Å². The molecule has 1 aliphatic heterocycles. The van der Waals surface area contributed by atoms with Gasteiger partial charge in [-0.15, -0.1) is 0 Å². The third-order valence-electron chi connectivity index (χ3n) is 7.09. The Labute approximate surface area is 214 Å². The Bertz CT molecular complexity index is 1230. The van der Waals surface area contributed by atoms with Gasteiger partial charge >= 0.3 is 6.18 Å². The lowest BCUT2D eigenvalue weighted by atomic mass is 9.81. The van der Waals surface area contributed by atoms with Gasteiger partial charge in [0.1, 0.15) is 11.9 Å². The zero-order valence-corrected chi connectivity index (χ0v) is 20.5. The molecule has 188 valence electrons. The van der Waals surface area contributed by atoms with Crippen LogP contribution in [-0.2, 0) is 25.6 Å². The molecule has 0 amide bonds. The van der Waals surface area contributed by atoms with Gasteiger partial charge in [0.15, 0.2) is 0 Å². The van der Waals surface area contributed by atoms with E-state index in [9.17, 15) is 17.6 Å². The molecule has 1 saturated heterocycles. The van der Waals surface area contributed by atoms with Gasteiger partial charge in [-0.2, -0.15) is 18.4 Å². The highest BCUT2D eigenvalue weighted by Crippen LogP contribution is 2.37. The van der Waals surface area contributed by atoms with Crippen molar-refractivity contribution in [1.29, 1.82) is 5.26 Å². The maximum atomic E-state index is 14.2. The number of hydrogen-bond donors (Lipinski definition) is 0. The van der Waals surface area contributed by atoms with Crippen molar-refractivity contribution < 1.29 is 17.6 Å². The van der Waals surface area contributed by atoms with Gasteiger partial charge in [-0.05, 0) is 79.5 Å². The molecule has 3 aromatic rings. The summed E-state index contributed by atoms with van der Waals surface area (Å²) >= 11 is 6.20. The van der Waals surface area contributed by atoms with Gasteiger partial charge < -0.3 is 0 Å². The maximum Gasteiger partial charge on any atom is 0.416 e. The highest BCUT2D eigenvalue weighted by molar-refractivity contribution is 6.31. The first kappa shape index (κ1) is 26.2. The van der Waals surface area contributed by atoms with E-state index in [-0.39, 0.29) is 17.7 Å². The molecule has 2 nitrogen and oxygen atoms in total. The van der Waals surface area contributed by atoms with Crippen LogP contribution in [0.2, 0.25) is 5.02 Å². The summed E-state index contributed by atoms with van der Waals surface area (Å²) in [4.78, 5) is 2.18. The van der Waals surface area contributed by atoms with Crippen LogP contribution in [0.3, 0.4) is 0 Å². The number of alkyl halides is 3. The molecule has 0 aliphatic carbocycles. The highest BCUT2D eigenvalue weighted by atomic mass is 35.5. The van der Waals surface area contributed by atoms with Gasteiger partial charge in [0.05, 0.1) is 16.1 Å². The first-order valence-corrected chi connectivity index (χ1v) is 12.4. The molecule has 0 radical (unpaired) electrons. The van der Waals surface area contributed by atoms with Gasteiger partial charge in [-0.25, -0.2) is 4.39 Å². The first-order valence-electron chi connectivity index (χ1n) is 12.0. The fourth-order valence-electron chi connectivity index (χ4n) is 5.18. The molecule has 0 saturated carbocycles. The van der Waals surface area contributed by atoms with E-state index in [2.05, 4.69) is 4.90 Å². The molecule has 1 heterocycles. The average Bonchev–Trinajstić information content (AvgIpc) is 3.31. The monoisotopic (exact) mass is 514 g/mol. The van der Waals surface area contributed by atoms with E-state index in [1.54, 1.807) is 36.4 Å². The fourth-order valence-corrected chi connectivity index (χ4v) is 5.42. The Morgan fingerprint density at radius 1 is 1.03 bits per heavy atom. The van der Waals surface area contributed by atoms with Crippen LogP contribution in [0.25, 0.3) is 0 Å². The Kier molecular flexibility index (Phi) is 8.33. The van der Waals surface area contributed by atoms with E-state index in [0.29, 0.717) is 54.1 Å². The molecule has 0 spiro atoms. The fraction of sp³-hybridized carbons (Fsp3) is 0.345. The molecular weight excluding hydrogens is 488 g/mol. The predicted molar refractivity (Wildman–Crippen MR) is 133 cm³/mol. The van der Waals surface area contributed by atoms with Crippen molar-refractivity contribution in [3.05, 3.63) is 105 Å². The summed E-state index contributed by atoms with van der Waals surface area (Å²) in [6.07, 6.45) is -1.91. The number of nitrogens with zero attached hydrogens (tertiary/aromatic N) is 2. The second-order valence-corrected chi connectivity index (χ2v) is 9.87. The number of rotatable bonds is 8. The van der Waals surface area contributed by atoms with Crippen molar-refractivity contribution in [2.45, 2.75) is 38.4 Å². The zero-order valence-electron chi connectivity index (χ0n) is 19.7. The molecule has 7 heteroatoms. The summed E-state index contributed by atoms with van der Waals surface area (Å²) in [5.74, 6) is -0.0465. The smallest absolute Gasteiger partial charge is 0.299 e. The van der Waals surface area contributed by atoms with E-state index >= 15 is 0 Å². The summed E-state index contributed by atoms with van der Waals surface area (Å²) in [5, 5.41) is 9.50. The van der Waals surface area contributed by atoms with Crippen molar-refractivity contribution in [2.75, 3.05) is 13.1 Å². The average molecular weight is 515 g/mol. The molecular formula is C29H27ClF4N2. The van der Waals surface area contributed by atoms with E-state index in [0.717, 1.165) is 24.6 Å². The minimum atomic E-state index is -4.41. The number of halogens is 5. The lowest BCUT2D eigenvalue weighted by molar-refractivity contribution is -0.138. The standard InChI is InChI=1S/C29H27ClF4N2/c30-27-15-20(10-12-23(27)17-35)9-11-21(16-22-5-1-3-7-26(22)29(32,33)34)24-13-14-36(18-24)19-25-6-2-4-8-28(25)31/h1-8,10,12,15,21,24H,9,11,13-14,16,18-19H2. The predicted octanol–water partition coefficient (Wildman–Crippen LogP) is 7.68. The van der Waals surface area contributed by atoms with Crippen LogP contribution in [0.15, 0.2) is 66.7 Å². The van der Waals surface area contributed by atoms with Crippen molar-refractivity contribution in [2.24, 2.45) is 11.8 Å². The zero-order chi connectivity index (χ0) is 25.7. The molecule has 2 atom stereocenters. The van der Waals surface area contributed by atoms with Crippen LogP contribution < -0.4 is 0 Å². The van der Waals surface area contributed by atoms with Crippen LogP contribution >= 0.6 is 11.6 Å². The van der Waals surface area contributed by atoms with Crippen molar-refractivity contribution in [1.82, 2.24) is 4.90 Å².